The molecule has 2 aromatic rings. The molecular formula is C11H14N4O3S. The number of aromatic nitrogens is 2. The minimum atomic E-state index is -0.433. The van der Waals surface area contributed by atoms with Crippen molar-refractivity contribution in [3.63, 3.8) is 0 Å². The van der Waals surface area contributed by atoms with Gasteiger partial charge in [-0.2, -0.15) is 0 Å². The van der Waals surface area contributed by atoms with Gasteiger partial charge in [0.25, 0.3) is 5.89 Å². The lowest BCUT2D eigenvalue weighted by atomic mass is 10.3. The molecule has 2 rings (SSSR count). The fourth-order valence-electron chi connectivity index (χ4n) is 1.46. The van der Waals surface area contributed by atoms with Crippen molar-refractivity contribution in [3.8, 4) is 10.8 Å². The smallest absolute Gasteiger partial charge is 0.324 e. The van der Waals surface area contributed by atoms with Crippen molar-refractivity contribution < 1.29 is 9.34 Å². The molecule has 0 aliphatic rings. The Labute approximate surface area is 113 Å². The van der Waals surface area contributed by atoms with Gasteiger partial charge in [-0.1, -0.05) is 25.2 Å². The van der Waals surface area contributed by atoms with E-state index in [-0.39, 0.29) is 5.00 Å². The third-order valence-electron chi connectivity index (χ3n) is 2.34. The van der Waals surface area contributed by atoms with E-state index in [0.717, 1.165) is 17.9 Å². The second-order valence-corrected chi connectivity index (χ2v) is 5.32. The molecule has 0 aromatic carbocycles. The van der Waals surface area contributed by atoms with Crippen LogP contribution < -0.4 is 5.32 Å². The van der Waals surface area contributed by atoms with Crippen LogP contribution in [0.1, 0.15) is 19.7 Å². The summed E-state index contributed by atoms with van der Waals surface area (Å²) in [6.07, 6.45) is 0.638. The lowest BCUT2D eigenvalue weighted by Gasteiger charge is -2.04. The Bertz CT molecular complexity index is 564. The van der Waals surface area contributed by atoms with Gasteiger partial charge in [0.15, 0.2) is 0 Å². The minimum Gasteiger partial charge on any atom is -0.420 e. The van der Waals surface area contributed by atoms with E-state index in [1.54, 1.807) is 6.07 Å². The van der Waals surface area contributed by atoms with Crippen molar-refractivity contribution in [1.29, 1.82) is 0 Å². The van der Waals surface area contributed by atoms with Crippen LogP contribution in [0, 0.1) is 10.1 Å². The Kier molecular flexibility index (Phi) is 4.23. The summed E-state index contributed by atoms with van der Waals surface area (Å²) in [6.45, 7) is 4.87. The van der Waals surface area contributed by atoms with Gasteiger partial charge in [-0.3, -0.25) is 10.1 Å². The first kappa shape index (κ1) is 13.6. The number of nitro groups is 1. The topological polar surface area (TPSA) is 94.1 Å². The van der Waals surface area contributed by atoms with Gasteiger partial charge in [0.05, 0.1) is 9.80 Å². The van der Waals surface area contributed by atoms with Crippen LogP contribution in [-0.4, -0.2) is 27.7 Å². The zero-order valence-electron chi connectivity index (χ0n) is 10.6. The van der Waals surface area contributed by atoms with Crippen molar-refractivity contribution >= 4 is 16.3 Å². The standard InChI is InChI=1S/C11H14N4O3S/c1-7(2)12-6-5-9-13-14-11(18-9)8-3-4-10(19-8)15(16)17/h3-4,7,12H,5-6H2,1-2H3. The normalized spacial score (nSPS) is 11.1. The highest BCUT2D eigenvalue weighted by atomic mass is 32.1. The Morgan fingerprint density at radius 2 is 2.26 bits per heavy atom. The van der Waals surface area contributed by atoms with E-state index in [2.05, 4.69) is 29.4 Å². The Balaban J connectivity index is 2.01. The number of hydrogen-bond acceptors (Lipinski definition) is 7. The predicted octanol–water partition coefficient (Wildman–Crippen LogP) is 2.25. The quantitative estimate of drug-likeness (QED) is 0.645. The molecule has 2 aromatic heterocycles. The summed E-state index contributed by atoms with van der Waals surface area (Å²) in [5.74, 6) is 0.858. The molecule has 19 heavy (non-hydrogen) atoms. The molecule has 1 N–H and O–H groups in total. The average Bonchev–Trinajstić information content (AvgIpc) is 2.95. The van der Waals surface area contributed by atoms with Gasteiger partial charge in [-0.15, -0.1) is 10.2 Å². The van der Waals surface area contributed by atoms with Gasteiger partial charge >= 0.3 is 5.00 Å². The summed E-state index contributed by atoms with van der Waals surface area (Å²) < 4.78 is 5.47. The van der Waals surface area contributed by atoms with Crippen LogP contribution >= 0.6 is 11.3 Å². The average molecular weight is 282 g/mol. The highest BCUT2D eigenvalue weighted by Crippen LogP contribution is 2.31. The van der Waals surface area contributed by atoms with E-state index in [1.165, 1.54) is 6.07 Å². The summed E-state index contributed by atoms with van der Waals surface area (Å²) in [5, 5.41) is 21.7. The number of rotatable bonds is 6. The zero-order chi connectivity index (χ0) is 13.8. The largest absolute Gasteiger partial charge is 0.420 e. The molecule has 0 aliphatic heterocycles. The van der Waals surface area contributed by atoms with Gasteiger partial charge in [0.1, 0.15) is 0 Å². The molecule has 2 heterocycles. The van der Waals surface area contributed by atoms with E-state index in [9.17, 15) is 10.1 Å². The van der Waals surface area contributed by atoms with Gasteiger partial charge in [-0.25, -0.2) is 0 Å². The van der Waals surface area contributed by atoms with Crippen molar-refractivity contribution in [1.82, 2.24) is 15.5 Å². The van der Waals surface area contributed by atoms with E-state index in [0.29, 0.717) is 29.1 Å². The predicted molar refractivity (Wildman–Crippen MR) is 71.1 cm³/mol. The van der Waals surface area contributed by atoms with Crippen LogP contribution in [0.5, 0.6) is 0 Å². The summed E-state index contributed by atoms with van der Waals surface area (Å²) in [7, 11) is 0. The van der Waals surface area contributed by atoms with Crippen molar-refractivity contribution in [2.75, 3.05) is 6.54 Å². The van der Waals surface area contributed by atoms with Gasteiger partial charge in [0, 0.05) is 25.1 Å². The first-order valence-corrected chi connectivity index (χ1v) is 6.68. The summed E-state index contributed by atoms with van der Waals surface area (Å²) in [4.78, 5) is 10.8. The fourth-order valence-corrected chi connectivity index (χ4v) is 2.20. The molecule has 7 nitrogen and oxygen atoms in total. The molecule has 0 saturated carbocycles. The van der Waals surface area contributed by atoms with E-state index in [4.69, 9.17) is 4.42 Å². The van der Waals surface area contributed by atoms with Crippen LogP contribution in [0.2, 0.25) is 0 Å². The number of nitrogens with zero attached hydrogens (tertiary/aromatic N) is 3. The zero-order valence-corrected chi connectivity index (χ0v) is 11.4. The van der Waals surface area contributed by atoms with Crippen LogP contribution in [0.3, 0.4) is 0 Å². The highest BCUT2D eigenvalue weighted by Gasteiger charge is 2.15. The number of thiophene rings is 1. The van der Waals surface area contributed by atoms with E-state index in [1.807, 2.05) is 0 Å². The lowest BCUT2D eigenvalue weighted by Crippen LogP contribution is -2.25. The Hall–Kier alpha value is -1.80. The molecule has 0 amide bonds. The highest BCUT2D eigenvalue weighted by molar-refractivity contribution is 7.18. The minimum absolute atomic E-state index is 0.0659. The molecule has 102 valence electrons. The molecule has 0 bridgehead atoms. The van der Waals surface area contributed by atoms with Crippen LogP contribution in [0.15, 0.2) is 16.5 Å². The Morgan fingerprint density at radius 1 is 1.47 bits per heavy atom. The maximum atomic E-state index is 10.6. The molecule has 0 atom stereocenters. The van der Waals surface area contributed by atoms with E-state index >= 15 is 0 Å². The van der Waals surface area contributed by atoms with Gasteiger partial charge in [-0.05, 0) is 6.07 Å². The first-order valence-electron chi connectivity index (χ1n) is 5.86. The number of nitrogens with one attached hydrogen (secondary N) is 1. The molecule has 0 aliphatic carbocycles. The van der Waals surface area contributed by atoms with Crippen molar-refractivity contribution in [2.45, 2.75) is 26.3 Å². The van der Waals surface area contributed by atoms with Crippen molar-refractivity contribution in [3.05, 3.63) is 28.1 Å². The molecule has 0 spiro atoms. The van der Waals surface area contributed by atoms with Gasteiger partial charge in [0.2, 0.25) is 5.89 Å². The Morgan fingerprint density at radius 3 is 2.89 bits per heavy atom. The van der Waals surface area contributed by atoms with Crippen LogP contribution in [0.25, 0.3) is 10.8 Å². The SMILES string of the molecule is CC(C)NCCc1nnc(-c2ccc([N+](=O)[O-])s2)o1. The maximum Gasteiger partial charge on any atom is 0.324 e. The molecule has 0 unspecified atom stereocenters. The van der Waals surface area contributed by atoms with Gasteiger partial charge < -0.3 is 9.73 Å². The van der Waals surface area contributed by atoms with Crippen LogP contribution in [-0.2, 0) is 6.42 Å². The van der Waals surface area contributed by atoms with E-state index < -0.39 is 4.92 Å². The first-order chi connectivity index (χ1) is 9.06. The second kappa shape index (κ2) is 5.89. The molecular weight excluding hydrogens is 268 g/mol. The maximum absolute atomic E-state index is 10.6. The molecule has 8 heteroatoms. The summed E-state index contributed by atoms with van der Waals surface area (Å²) in [5.41, 5.74) is 0. The summed E-state index contributed by atoms with van der Waals surface area (Å²) >= 11 is 1.03. The number of hydrogen-bond donors (Lipinski definition) is 1. The summed E-state index contributed by atoms with van der Waals surface area (Å²) in [6, 6.07) is 3.46. The third-order valence-corrected chi connectivity index (χ3v) is 3.37. The molecule has 0 radical (unpaired) electrons. The molecule has 0 fully saturated rings. The lowest BCUT2D eigenvalue weighted by molar-refractivity contribution is -0.380. The molecule has 0 saturated heterocycles. The fraction of sp³-hybridized carbons (Fsp3) is 0.455. The second-order valence-electron chi connectivity index (χ2n) is 4.25. The monoisotopic (exact) mass is 282 g/mol. The third kappa shape index (κ3) is 3.58. The van der Waals surface area contributed by atoms with Crippen LogP contribution in [0.4, 0.5) is 5.00 Å². The van der Waals surface area contributed by atoms with Crippen molar-refractivity contribution in [2.24, 2.45) is 0 Å².